The molecule has 23 heavy (non-hydrogen) atoms. The lowest BCUT2D eigenvalue weighted by molar-refractivity contribution is 0.0824. The summed E-state index contributed by atoms with van der Waals surface area (Å²) in [5.41, 5.74) is 5.50. The standard InChI is InChI=1S/C13H20ClN3O4S.ClH/c1-8(7-15)16-22(19,20)11-6-9(14)5-10(12(11)21-4)13(18)17(2)3;/h5-6,8,16H,7,15H2,1-4H3;1H/t8-;/m0./s1. The first-order valence-electron chi connectivity index (χ1n) is 6.45. The summed E-state index contributed by atoms with van der Waals surface area (Å²) in [6.45, 7) is 1.76. The van der Waals surface area contributed by atoms with E-state index in [0.717, 1.165) is 0 Å². The van der Waals surface area contributed by atoms with Gasteiger partial charge in [-0.1, -0.05) is 11.6 Å². The highest BCUT2D eigenvalue weighted by atomic mass is 35.5. The zero-order chi connectivity index (χ0) is 17.1. The van der Waals surface area contributed by atoms with Crippen molar-refractivity contribution in [2.45, 2.75) is 17.9 Å². The quantitative estimate of drug-likeness (QED) is 0.762. The molecular weight excluding hydrogens is 365 g/mol. The fourth-order valence-electron chi connectivity index (χ4n) is 1.75. The lowest BCUT2D eigenvalue weighted by atomic mass is 10.2. The fraction of sp³-hybridized carbons (Fsp3) is 0.462. The third kappa shape index (κ3) is 5.22. The van der Waals surface area contributed by atoms with Crippen LogP contribution in [0.4, 0.5) is 0 Å². The number of nitrogens with one attached hydrogen (secondary N) is 1. The monoisotopic (exact) mass is 385 g/mol. The van der Waals surface area contributed by atoms with Crippen molar-refractivity contribution < 1.29 is 17.9 Å². The number of rotatable bonds is 6. The Morgan fingerprint density at radius 2 is 2.00 bits per heavy atom. The lowest BCUT2D eigenvalue weighted by Crippen LogP contribution is -2.38. The van der Waals surface area contributed by atoms with Gasteiger partial charge in [0, 0.05) is 31.7 Å². The number of benzene rings is 1. The van der Waals surface area contributed by atoms with Crippen LogP contribution in [0.3, 0.4) is 0 Å². The summed E-state index contributed by atoms with van der Waals surface area (Å²) in [6.07, 6.45) is 0. The van der Waals surface area contributed by atoms with Crippen LogP contribution in [0.1, 0.15) is 17.3 Å². The Hall–Kier alpha value is -1.06. The van der Waals surface area contributed by atoms with Crippen molar-refractivity contribution in [1.29, 1.82) is 0 Å². The molecule has 1 atom stereocenters. The Kier molecular flexibility index (Phi) is 8.30. The molecule has 0 aliphatic rings. The predicted molar refractivity (Wildman–Crippen MR) is 92.1 cm³/mol. The molecule has 0 fully saturated rings. The number of hydrogen-bond acceptors (Lipinski definition) is 5. The number of methoxy groups -OCH3 is 1. The van der Waals surface area contributed by atoms with Gasteiger partial charge in [0.1, 0.15) is 4.90 Å². The summed E-state index contributed by atoms with van der Waals surface area (Å²) in [6, 6.07) is 2.13. The van der Waals surface area contributed by atoms with Gasteiger partial charge in [0.05, 0.1) is 12.7 Å². The van der Waals surface area contributed by atoms with E-state index in [2.05, 4.69) is 4.72 Å². The van der Waals surface area contributed by atoms with Crippen LogP contribution in [0.25, 0.3) is 0 Å². The van der Waals surface area contributed by atoms with E-state index in [-0.39, 0.29) is 40.2 Å². The highest BCUT2D eigenvalue weighted by Crippen LogP contribution is 2.32. The molecule has 0 saturated carbocycles. The summed E-state index contributed by atoms with van der Waals surface area (Å²) in [4.78, 5) is 13.3. The first-order chi connectivity index (χ1) is 10.1. The molecule has 0 aromatic heterocycles. The van der Waals surface area contributed by atoms with Gasteiger partial charge in [-0.2, -0.15) is 0 Å². The molecule has 10 heteroatoms. The maximum atomic E-state index is 12.4. The van der Waals surface area contributed by atoms with Crippen LogP contribution in [0, 0.1) is 0 Å². The molecule has 0 aliphatic carbocycles. The van der Waals surface area contributed by atoms with Gasteiger partial charge in [-0.15, -0.1) is 12.4 Å². The number of amides is 1. The maximum absolute atomic E-state index is 12.4. The molecule has 3 N–H and O–H groups in total. The van der Waals surface area contributed by atoms with Crippen LogP contribution in [0.2, 0.25) is 5.02 Å². The first kappa shape index (κ1) is 21.9. The van der Waals surface area contributed by atoms with E-state index in [1.165, 1.54) is 24.1 Å². The molecule has 1 rings (SSSR count). The van der Waals surface area contributed by atoms with Crippen LogP contribution in [-0.4, -0.2) is 53.0 Å². The Balaban J connectivity index is 0.00000484. The minimum atomic E-state index is -3.93. The third-order valence-electron chi connectivity index (χ3n) is 2.86. The van der Waals surface area contributed by atoms with E-state index in [1.54, 1.807) is 21.0 Å². The molecule has 1 amide bonds. The Bertz CT molecular complexity index is 665. The molecular formula is C13H21Cl2N3O4S. The van der Waals surface area contributed by atoms with Crippen molar-refractivity contribution in [3.8, 4) is 5.75 Å². The zero-order valence-corrected chi connectivity index (χ0v) is 15.7. The number of halogens is 2. The minimum Gasteiger partial charge on any atom is -0.494 e. The summed E-state index contributed by atoms with van der Waals surface area (Å²) >= 11 is 5.96. The first-order valence-corrected chi connectivity index (χ1v) is 8.31. The van der Waals surface area contributed by atoms with Crippen molar-refractivity contribution in [3.05, 3.63) is 22.7 Å². The van der Waals surface area contributed by atoms with E-state index < -0.39 is 22.0 Å². The average Bonchev–Trinajstić information content (AvgIpc) is 2.44. The number of nitrogens with two attached hydrogens (primary N) is 1. The van der Waals surface area contributed by atoms with Crippen molar-refractivity contribution in [3.63, 3.8) is 0 Å². The molecule has 0 radical (unpaired) electrons. The molecule has 0 heterocycles. The SMILES string of the molecule is COc1c(C(=O)N(C)C)cc(Cl)cc1S(=O)(=O)N[C@@H](C)CN.Cl. The Labute approximate surface area is 147 Å². The van der Waals surface area contributed by atoms with Crippen LogP contribution in [0.5, 0.6) is 5.75 Å². The molecule has 0 aliphatic heterocycles. The largest absolute Gasteiger partial charge is 0.494 e. The van der Waals surface area contributed by atoms with Crippen molar-refractivity contribution in [1.82, 2.24) is 9.62 Å². The summed E-state index contributed by atoms with van der Waals surface area (Å²) in [5, 5.41) is 0.117. The van der Waals surface area contributed by atoms with E-state index in [9.17, 15) is 13.2 Å². The molecule has 0 saturated heterocycles. The molecule has 132 valence electrons. The lowest BCUT2D eigenvalue weighted by Gasteiger charge is -2.18. The maximum Gasteiger partial charge on any atom is 0.257 e. The second-order valence-corrected chi connectivity index (χ2v) is 7.06. The van der Waals surface area contributed by atoms with Crippen LogP contribution in [0.15, 0.2) is 17.0 Å². The van der Waals surface area contributed by atoms with Crippen molar-refractivity contribution in [2.75, 3.05) is 27.7 Å². The normalized spacial score (nSPS) is 12.3. The summed E-state index contributed by atoms with van der Waals surface area (Å²) in [7, 11) is 0.458. The molecule has 7 nitrogen and oxygen atoms in total. The highest BCUT2D eigenvalue weighted by Gasteiger charge is 2.27. The topological polar surface area (TPSA) is 102 Å². The summed E-state index contributed by atoms with van der Waals surface area (Å²) < 4.78 is 32.4. The molecule has 0 bridgehead atoms. The third-order valence-corrected chi connectivity index (χ3v) is 4.67. The molecule has 0 unspecified atom stereocenters. The molecule has 1 aromatic rings. The number of carbonyl (C=O) groups excluding carboxylic acids is 1. The van der Waals surface area contributed by atoms with Gasteiger partial charge in [-0.05, 0) is 19.1 Å². The van der Waals surface area contributed by atoms with Crippen LogP contribution >= 0.6 is 24.0 Å². The summed E-state index contributed by atoms with van der Waals surface area (Å²) in [5.74, 6) is -0.470. The van der Waals surface area contributed by atoms with Gasteiger partial charge >= 0.3 is 0 Å². The van der Waals surface area contributed by atoms with Crippen molar-refractivity contribution >= 4 is 39.9 Å². The van der Waals surface area contributed by atoms with Crippen LogP contribution < -0.4 is 15.2 Å². The van der Waals surface area contributed by atoms with Gasteiger partial charge in [-0.25, -0.2) is 13.1 Å². The van der Waals surface area contributed by atoms with E-state index in [1.807, 2.05) is 0 Å². The minimum absolute atomic E-state index is 0. The Morgan fingerprint density at radius 1 is 1.43 bits per heavy atom. The van der Waals surface area contributed by atoms with Gasteiger partial charge in [0.25, 0.3) is 5.91 Å². The second kappa shape index (κ2) is 8.70. The Morgan fingerprint density at radius 3 is 2.43 bits per heavy atom. The predicted octanol–water partition coefficient (Wildman–Crippen LogP) is 1.10. The number of sulfonamides is 1. The van der Waals surface area contributed by atoms with E-state index >= 15 is 0 Å². The van der Waals surface area contributed by atoms with Gasteiger partial charge in [-0.3, -0.25) is 4.79 Å². The van der Waals surface area contributed by atoms with Crippen LogP contribution in [-0.2, 0) is 10.0 Å². The number of nitrogens with zero attached hydrogens (tertiary/aromatic N) is 1. The smallest absolute Gasteiger partial charge is 0.257 e. The van der Waals surface area contributed by atoms with Gasteiger partial charge in [0.15, 0.2) is 5.75 Å². The zero-order valence-electron chi connectivity index (χ0n) is 13.3. The number of ether oxygens (including phenoxy) is 1. The van der Waals surface area contributed by atoms with Gasteiger partial charge < -0.3 is 15.4 Å². The molecule has 0 spiro atoms. The second-order valence-electron chi connectivity index (χ2n) is 4.94. The van der Waals surface area contributed by atoms with E-state index in [4.69, 9.17) is 22.1 Å². The number of hydrogen-bond donors (Lipinski definition) is 2. The van der Waals surface area contributed by atoms with Crippen molar-refractivity contribution in [2.24, 2.45) is 5.73 Å². The number of carbonyl (C=O) groups is 1. The molecule has 1 aromatic carbocycles. The fourth-order valence-corrected chi connectivity index (χ4v) is 3.51. The highest BCUT2D eigenvalue weighted by molar-refractivity contribution is 7.89. The average molecular weight is 386 g/mol. The van der Waals surface area contributed by atoms with Gasteiger partial charge in [0.2, 0.25) is 10.0 Å². The van der Waals surface area contributed by atoms with E-state index in [0.29, 0.717) is 0 Å².